The van der Waals surface area contributed by atoms with Crippen LogP contribution in [0.3, 0.4) is 0 Å². The Bertz CT molecular complexity index is 511. The van der Waals surface area contributed by atoms with Crippen molar-refractivity contribution in [1.29, 1.82) is 0 Å². The van der Waals surface area contributed by atoms with Crippen LogP contribution in [0.2, 0.25) is 0 Å². The van der Waals surface area contributed by atoms with Gasteiger partial charge < -0.3 is 11.1 Å². The van der Waals surface area contributed by atoms with Crippen molar-refractivity contribution in [3.8, 4) is 0 Å². The first-order valence-electron chi connectivity index (χ1n) is 4.56. The lowest BCUT2D eigenvalue weighted by Gasteiger charge is -2.07. The summed E-state index contributed by atoms with van der Waals surface area (Å²) in [6, 6.07) is 3.76. The van der Waals surface area contributed by atoms with Crippen molar-refractivity contribution in [2.75, 3.05) is 12.3 Å². The summed E-state index contributed by atoms with van der Waals surface area (Å²) in [6.07, 6.45) is 0. The minimum atomic E-state index is -3.83. The van der Waals surface area contributed by atoms with Crippen LogP contribution in [0.4, 0.5) is 5.69 Å². The average molecular weight is 243 g/mol. The van der Waals surface area contributed by atoms with Crippen LogP contribution in [-0.4, -0.2) is 20.9 Å². The molecule has 0 atom stereocenters. The van der Waals surface area contributed by atoms with Gasteiger partial charge in [-0.3, -0.25) is 4.79 Å². The van der Waals surface area contributed by atoms with Gasteiger partial charge in [-0.05, 0) is 25.1 Å². The molecule has 0 spiro atoms. The molecule has 0 aliphatic carbocycles. The highest BCUT2D eigenvalue weighted by molar-refractivity contribution is 7.89. The maximum atomic E-state index is 11.5. The third kappa shape index (κ3) is 2.71. The molecule has 0 saturated heterocycles. The quantitative estimate of drug-likeness (QED) is 0.630. The Morgan fingerprint density at radius 2 is 2.06 bits per heavy atom. The van der Waals surface area contributed by atoms with E-state index in [-0.39, 0.29) is 16.1 Å². The lowest BCUT2D eigenvalue weighted by molar-refractivity contribution is 0.0956. The van der Waals surface area contributed by atoms with Gasteiger partial charge in [0.2, 0.25) is 10.0 Å². The Morgan fingerprint density at radius 1 is 1.44 bits per heavy atom. The maximum Gasteiger partial charge on any atom is 0.253 e. The monoisotopic (exact) mass is 243 g/mol. The summed E-state index contributed by atoms with van der Waals surface area (Å²) in [6.45, 7) is 2.18. The van der Waals surface area contributed by atoms with E-state index < -0.39 is 15.9 Å². The fraction of sp³-hybridized carbons (Fsp3) is 0.222. The van der Waals surface area contributed by atoms with Gasteiger partial charge in [-0.1, -0.05) is 0 Å². The zero-order valence-corrected chi connectivity index (χ0v) is 9.54. The number of nitrogen functional groups attached to an aromatic ring is 1. The zero-order valence-electron chi connectivity index (χ0n) is 8.73. The van der Waals surface area contributed by atoms with Crippen molar-refractivity contribution in [3.05, 3.63) is 23.8 Å². The molecular weight excluding hydrogens is 230 g/mol. The highest BCUT2D eigenvalue weighted by Gasteiger charge is 2.14. The molecule has 16 heavy (non-hydrogen) atoms. The van der Waals surface area contributed by atoms with Gasteiger partial charge in [0.25, 0.3) is 5.91 Å². The Labute approximate surface area is 93.7 Å². The molecule has 1 aromatic rings. The van der Waals surface area contributed by atoms with E-state index in [1.54, 1.807) is 6.92 Å². The van der Waals surface area contributed by atoms with E-state index in [9.17, 15) is 13.2 Å². The van der Waals surface area contributed by atoms with E-state index in [1.807, 2.05) is 0 Å². The van der Waals surface area contributed by atoms with Crippen LogP contribution >= 0.6 is 0 Å². The molecular formula is C9H13N3O3S. The van der Waals surface area contributed by atoms with Gasteiger partial charge in [0.05, 0.1) is 10.5 Å². The number of amides is 1. The van der Waals surface area contributed by atoms with Crippen molar-refractivity contribution < 1.29 is 13.2 Å². The Hall–Kier alpha value is -1.60. The highest BCUT2D eigenvalue weighted by Crippen LogP contribution is 2.16. The SMILES string of the molecule is CCNC(=O)c1cc(S(N)(=O)=O)ccc1N. The Balaban J connectivity index is 3.24. The predicted molar refractivity (Wildman–Crippen MR) is 60.2 cm³/mol. The second-order valence-corrected chi connectivity index (χ2v) is 4.71. The number of nitrogens with two attached hydrogens (primary N) is 2. The molecule has 1 amide bonds. The van der Waals surface area contributed by atoms with Gasteiger partial charge in [-0.25, -0.2) is 13.6 Å². The molecule has 0 saturated carbocycles. The van der Waals surface area contributed by atoms with Crippen LogP contribution in [0, 0.1) is 0 Å². The summed E-state index contributed by atoms with van der Waals surface area (Å²) < 4.78 is 22.2. The van der Waals surface area contributed by atoms with Crippen LogP contribution < -0.4 is 16.2 Å². The van der Waals surface area contributed by atoms with Crippen LogP contribution in [0.1, 0.15) is 17.3 Å². The summed E-state index contributed by atoms with van der Waals surface area (Å²) in [7, 11) is -3.83. The zero-order chi connectivity index (χ0) is 12.3. The number of hydrogen-bond acceptors (Lipinski definition) is 4. The first-order chi connectivity index (χ1) is 7.36. The number of sulfonamides is 1. The molecule has 88 valence electrons. The molecule has 0 fully saturated rings. The largest absolute Gasteiger partial charge is 0.398 e. The van der Waals surface area contributed by atoms with E-state index in [1.165, 1.54) is 12.1 Å². The third-order valence-corrected chi connectivity index (χ3v) is 2.85. The van der Waals surface area contributed by atoms with Gasteiger partial charge in [0, 0.05) is 12.2 Å². The fourth-order valence-corrected chi connectivity index (χ4v) is 1.70. The topological polar surface area (TPSA) is 115 Å². The first kappa shape index (κ1) is 12.5. The number of carbonyl (C=O) groups is 1. The van der Waals surface area contributed by atoms with E-state index in [2.05, 4.69) is 5.32 Å². The molecule has 7 heteroatoms. The molecule has 0 aromatic heterocycles. The van der Waals surface area contributed by atoms with Crippen molar-refractivity contribution in [2.24, 2.45) is 5.14 Å². The van der Waals surface area contributed by atoms with Crippen molar-refractivity contribution in [2.45, 2.75) is 11.8 Å². The number of benzene rings is 1. The lowest BCUT2D eigenvalue weighted by atomic mass is 10.1. The molecule has 0 aliphatic rings. The normalized spacial score (nSPS) is 11.1. The van der Waals surface area contributed by atoms with E-state index >= 15 is 0 Å². The summed E-state index contributed by atoms with van der Waals surface area (Å²) in [5, 5.41) is 7.48. The first-order valence-corrected chi connectivity index (χ1v) is 6.11. The van der Waals surface area contributed by atoms with Crippen molar-refractivity contribution >= 4 is 21.6 Å². The Kier molecular flexibility index (Phi) is 3.51. The summed E-state index contributed by atoms with van der Waals surface area (Å²) >= 11 is 0. The van der Waals surface area contributed by atoms with Crippen LogP contribution in [0.25, 0.3) is 0 Å². The third-order valence-electron chi connectivity index (χ3n) is 1.94. The summed E-state index contributed by atoms with van der Waals surface area (Å²) in [5.41, 5.74) is 5.88. The number of anilines is 1. The second-order valence-electron chi connectivity index (χ2n) is 3.15. The highest BCUT2D eigenvalue weighted by atomic mass is 32.2. The van der Waals surface area contributed by atoms with Gasteiger partial charge in [0.1, 0.15) is 0 Å². The average Bonchev–Trinajstić information content (AvgIpc) is 2.16. The standard InChI is InChI=1S/C9H13N3O3S/c1-2-12-9(13)7-5-6(16(11,14)15)3-4-8(7)10/h3-5H,2,10H2,1H3,(H,12,13)(H2,11,14,15). The van der Waals surface area contributed by atoms with Crippen molar-refractivity contribution in [1.82, 2.24) is 5.32 Å². The molecule has 0 bridgehead atoms. The molecule has 0 radical (unpaired) electrons. The summed E-state index contributed by atoms with van der Waals surface area (Å²) in [4.78, 5) is 11.4. The van der Waals surface area contributed by atoms with Gasteiger partial charge >= 0.3 is 0 Å². The van der Waals surface area contributed by atoms with Gasteiger partial charge in [-0.2, -0.15) is 0 Å². The smallest absolute Gasteiger partial charge is 0.253 e. The molecule has 0 unspecified atom stereocenters. The predicted octanol–water partition coefficient (Wildman–Crippen LogP) is -0.334. The number of primary sulfonamides is 1. The molecule has 5 N–H and O–H groups in total. The second kappa shape index (κ2) is 4.50. The van der Waals surface area contributed by atoms with E-state index in [0.717, 1.165) is 6.07 Å². The lowest BCUT2D eigenvalue weighted by Crippen LogP contribution is -2.24. The van der Waals surface area contributed by atoms with Crippen LogP contribution in [0.15, 0.2) is 23.1 Å². The number of rotatable bonds is 3. The van der Waals surface area contributed by atoms with Crippen LogP contribution in [-0.2, 0) is 10.0 Å². The molecule has 1 rings (SSSR count). The van der Waals surface area contributed by atoms with Gasteiger partial charge in [-0.15, -0.1) is 0 Å². The summed E-state index contributed by atoms with van der Waals surface area (Å²) in [5.74, 6) is -0.425. The number of nitrogens with one attached hydrogen (secondary N) is 1. The molecule has 0 aliphatic heterocycles. The Morgan fingerprint density at radius 3 is 2.56 bits per heavy atom. The van der Waals surface area contributed by atoms with E-state index in [0.29, 0.717) is 6.54 Å². The number of hydrogen-bond donors (Lipinski definition) is 3. The van der Waals surface area contributed by atoms with Gasteiger partial charge in [0.15, 0.2) is 0 Å². The minimum absolute atomic E-state index is 0.105. The maximum absolute atomic E-state index is 11.5. The molecule has 0 heterocycles. The fourth-order valence-electron chi connectivity index (χ4n) is 1.16. The number of carbonyl (C=O) groups excluding carboxylic acids is 1. The van der Waals surface area contributed by atoms with Crippen LogP contribution in [0.5, 0.6) is 0 Å². The minimum Gasteiger partial charge on any atom is -0.398 e. The molecule has 1 aromatic carbocycles. The van der Waals surface area contributed by atoms with Crippen molar-refractivity contribution in [3.63, 3.8) is 0 Å². The molecule has 6 nitrogen and oxygen atoms in total. The van der Waals surface area contributed by atoms with E-state index in [4.69, 9.17) is 10.9 Å².